The van der Waals surface area contributed by atoms with Gasteiger partial charge in [-0.25, -0.2) is 0 Å². The zero-order valence-electron chi connectivity index (χ0n) is 15.2. The number of aryl methyl sites for hydroxylation is 1. The van der Waals surface area contributed by atoms with E-state index in [-0.39, 0.29) is 11.3 Å². The van der Waals surface area contributed by atoms with E-state index in [0.717, 1.165) is 16.0 Å². The average molecular weight is 390 g/mol. The third-order valence-corrected chi connectivity index (χ3v) is 5.74. The summed E-state index contributed by atoms with van der Waals surface area (Å²) in [6.07, 6.45) is 3.08. The number of carbonyl (C=O) groups is 2. The summed E-state index contributed by atoms with van der Waals surface area (Å²) in [5, 5.41) is 12.9. The van der Waals surface area contributed by atoms with Gasteiger partial charge in [-0.1, -0.05) is 30.3 Å². The van der Waals surface area contributed by atoms with Crippen molar-refractivity contribution in [2.75, 3.05) is 0 Å². The number of Topliss-reactive ketones (excluding diaryl/α,β-unsaturated/α-hetero) is 1. The zero-order chi connectivity index (χ0) is 19.7. The van der Waals surface area contributed by atoms with Crippen LogP contribution < -0.4 is 0 Å². The number of aliphatic hydroxyl groups excluding tert-OH is 1. The van der Waals surface area contributed by atoms with Gasteiger partial charge in [-0.15, -0.1) is 11.3 Å². The number of aliphatic hydroxyl groups is 1. The predicted molar refractivity (Wildman–Crippen MR) is 108 cm³/mol. The first-order valence-corrected chi connectivity index (χ1v) is 9.72. The summed E-state index contributed by atoms with van der Waals surface area (Å²) in [4.78, 5) is 32.3. The number of carbonyl (C=O) groups excluding carboxylic acids is 2. The summed E-state index contributed by atoms with van der Waals surface area (Å²) in [7, 11) is 0. The molecular formula is C22H18N2O3S. The lowest BCUT2D eigenvalue weighted by atomic mass is 9.93. The Hall–Kier alpha value is -3.25. The lowest BCUT2D eigenvalue weighted by molar-refractivity contribution is -0.140. The largest absolute Gasteiger partial charge is 0.507 e. The highest BCUT2D eigenvalue weighted by Crippen LogP contribution is 2.41. The lowest BCUT2D eigenvalue weighted by Crippen LogP contribution is -2.29. The normalized spacial score (nSPS) is 18.6. The molecule has 0 radical (unpaired) electrons. The summed E-state index contributed by atoms with van der Waals surface area (Å²) in [6.45, 7) is 2.25. The van der Waals surface area contributed by atoms with E-state index in [2.05, 4.69) is 4.98 Å². The Morgan fingerprint density at radius 2 is 1.86 bits per heavy atom. The molecule has 6 heteroatoms. The first kappa shape index (κ1) is 18.1. The molecule has 3 aromatic rings. The molecule has 0 saturated carbocycles. The standard InChI is InChI=1S/C22H18N2O3S/c1-14-5-2-3-7-17(14)19-18(20(25)15-8-10-23-11-9-15)21(26)22(27)24(19)13-16-6-4-12-28-16/h2-12,19,25H,13H2,1H3/b20-18-. The van der Waals surface area contributed by atoms with Gasteiger partial charge in [-0.2, -0.15) is 0 Å². The van der Waals surface area contributed by atoms with E-state index >= 15 is 0 Å². The van der Waals surface area contributed by atoms with Gasteiger partial charge in [0.1, 0.15) is 5.76 Å². The van der Waals surface area contributed by atoms with Crippen LogP contribution in [0, 0.1) is 6.92 Å². The topological polar surface area (TPSA) is 70.5 Å². The molecule has 1 unspecified atom stereocenters. The van der Waals surface area contributed by atoms with Gasteiger partial charge in [0.05, 0.1) is 18.2 Å². The summed E-state index contributed by atoms with van der Waals surface area (Å²) in [5.41, 5.74) is 2.35. The summed E-state index contributed by atoms with van der Waals surface area (Å²) in [5.74, 6) is -1.45. The molecule has 1 amide bonds. The highest BCUT2D eigenvalue weighted by Gasteiger charge is 2.46. The molecule has 1 fully saturated rings. The molecule has 28 heavy (non-hydrogen) atoms. The maximum Gasteiger partial charge on any atom is 0.295 e. The van der Waals surface area contributed by atoms with Crippen LogP contribution in [-0.2, 0) is 16.1 Å². The summed E-state index contributed by atoms with van der Waals surface area (Å²) < 4.78 is 0. The molecule has 1 aliphatic heterocycles. The van der Waals surface area contributed by atoms with Crippen LogP contribution in [0.1, 0.15) is 27.6 Å². The fourth-order valence-electron chi connectivity index (χ4n) is 3.50. The SMILES string of the molecule is Cc1ccccc1C1/C(=C(/O)c2ccncc2)C(=O)C(=O)N1Cc1cccs1. The van der Waals surface area contributed by atoms with Crippen molar-refractivity contribution in [1.29, 1.82) is 0 Å². The molecule has 0 bridgehead atoms. The number of pyridine rings is 1. The van der Waals surface area contributed by atoms with Crippen molar-refractivity contribution in [3.8, 4) is 0 Å². The minimum atomic E-state index is -0.667. The molecule has 0 aliphatic carbocycles. The second-order valence-corrected chi connectivity index (χ2v) is 7.63. The zero-order valence-corrected chi connectivity index (χ0v) is 16.0. The number of thiophene rings is 1. The summed E-state index contributed by atoms with van der Waals surface area (Å²) in [6, 6.07) is 14.1. The van der Waals surface area contributed by atoms with E-state index in [1.54, 1.807) is 29.4 Å². The quantitative estimate of drug-likeness (QED) is 0.414. The van der Waals surface area contributed by atoms with Gasteiger partial charge >= 0.3 is 0 Å². The Kier molecular flexibility index (Phi) is 4.79. The van der Waals surface area contributed by atoms with Crippen molar-refractivity contribution in [3.63, 3.8) is 0 Å². The molecular weight excluding hydrogens is 372 g/mol. The maximum absolute atomic E-state index is 12.9. The maximum atomic E-state index is 12.9. The molecule has 0 spiro atoms. The molecule has 1 atom stereocenters. The Bertz CT molecular complexity index is 1060. The number of nitrogens with zero attached hydrogens (tertiary/aromatic N) is 2. The molecule has 2 aromatic heterocycles. The average Bonchev–Trinajstić information content (AvgIpc) is 3.31. The number of aromatic nitrogens is 1. The number of amides is 1. The van der Waals surface area contributed by atoms with Crippen molar-refractivity contribution in [2.45, 2.75) is 19.5 Å². The monoisotopic (exact) mass is 390 g/mol. The first-order valence-electron chi connectivity index (χ1n) is 8.84. The third kappa shape index (κ3) is 3.12. The lowest BCUT2D eigenvalue weighted by Gasteiger charge is -2.26. The highest BCUT2D eigenvalue weighted by molar-refractivity contribution is 7.09. The number of ketones is 1. The molecule has 1 saturated heterocycles. The molecule has 4 rings (SSSR count). The van der Waals surface area contributed by atoms with Gasteiger partial charge in [-0.05, 0) is 41.6 Å². The van der Waals surface area contributed by atoms with Crippen molar-refractivity contribution in [2.24, 2.45) is 0 Å². The third-order valence-electron chi connectivity index (χ3n) is 4.88. The second-order valence-electron chi connectivity index (χ2n) is 6.60. The number of hydrogen-bond acceptors (Lipinski definition) is 5. The fraction of sp³-hybridized carbons (Fsp3) is 0.136. The molecule has 5 nitrogen and oxygen atoms in total. The molecule has 1 aromatic carbocycles. The van der Waals surface area contributed by atoms with E-state index in [1.165, 1.54) is 11.3 Å². The number of rotatable bonds is 4. The van der Waals surface area contributed by atoms with Gasteiger partial charge in [0, 0.05) is 22.8 Å². The number of likely N-dealkylation sites (tertiary alicyclic amines) is 1. The van der Waals surface area contributed by atoms with Crippen LogP contribution in [0.15, 0.2) is 71.9 Å². The molecule has 3 heterocycles. The summed E-state index contributed by atoms with van der Waals surface area (Å²) >= 11 is 1.53. The Balaban J connectivity index is 1.90. The van der Waals surface area contributed by atoms with Crippen LogP contribution in [0.4, 0.5) is 0 Å². The van der Waals surface area contributed by atoms with Gasteiger partial charge in [0.25, 0.3) is 11.7 Å². The van der Waals surface area contributed by atoms with Crippen molar-refractivity contribution in [1.82, 2.24) is 9.88 Å². The second kappa shape index (κ2) is 7.40. The first-order chi connectivity index (χ1) is 13.6. The van der Waals surface area contributed by atoms with E-state index in [4.69, 9.17) is 0 Å². The Morgan fingerprint density at radius 1 is 1.11 bits per heavy atom. The highest BCUT2D eigenvalue weighted by atomic mass is 32.1. The van der Waals surface area contributed by atoms with Crippen molar-refractivity contribution >= 4 is 28.8 Å². The van der Waals surface area contributed by atoms with E-state index in [0.29, 0.717) is 12.1 Å². The van der Waals surface area contributed by atoms with Gasteiger partial charge in [-0.3, -0.25) is 14.6 Å². The van der Waals surface area contributed by atoms with Gasteiger partial charge < -0.3 is 10.0 Å². The molecule has 1 N–H and O–H groups in total. The van der Waals surface area contributed by atoms with Crippen LogP contribution in [0.3, 0.4) is 0 Å². The fourth-order valence-corrected chi connectivity index (χ4v) is 4.20. The minimum absolute atomic E-state index is 0.113. The van der Waals surface area contributed by atoms with Crippen molar-refractivity contribution in [3.05, 3.63) is 93.4 Å². The van der Waals surface area contributed by atoms with E-state index in [1.807, 2.05) is 48.7 Å². The van der Waals surface area contributed by atoms with Crippen LogP contribution in [0.25, 0.3) is 5.76 Å². The minimum Gasteiger partial charge on any atom is -0.507 e. The van der Waals surface area contributed by atoms with Crippen LogP contribution in [-0.4, -0.2) is 26.7 Å². The Morgan fingerprint density at radius 3 is 2.54 bits per heavy atom. The van der Waals surface area contributed by atoms with Gasteiger partial charge in [0.2, 0.25) is 0 Å². The van der Waals surface area contributed by atoms with E-state index < -0.39 is 17.7 Å². The van der Waals surface area contributed by atoms with Crippen LogP contribution in [0.2, 0.25) is 0 Å². The van der Waals surface area contributed by atoms with Gasteiger partial charge in [0.15, 0.2) is 0 Å². The molecule has 1 aliphatic rings. The smallest absolute Gasteiger partial charge is 0.295 e. The van der Waals surface area contributed by atoms with Crippen LogP contribution >= 0.6 is 11.3 Å². The van der Waals surface area contributed by atoms with E-state index in [9.17, 15) is 14.7 Å². The number of benzene rings is 1. The predicted octanol–water partition coefficient (Wildman–Crippen LogP) is 4.07. The van der Waals surface area contributed by atoms with Crippen LogP contribution in [0.5, 0.6) is 0 Å². The number of hydrogen-bond donors (Lipinski definition) is 1. The van der Waals surface area contributed by atoms with Crippen molar-refractivity contribution < 1.29 is 14.7 Å². The Labute approximate surface area is 166 Å². The molecule has 140 valence electrons.